The first kappa shape index (κ1) is 28.6. The second-order valence-corrected chi connectivity index (χ2v) is 28.5. The minimum absolute atomic E-state index is 0.322. The molecule has 1 atom stereocenters. The SMILES string of the molecule is CCCC([SiH3])(C(C(=O)O)=C([Si](C)(C)O[SiH2]C)[Si](C)(C)O[SiH2]C)[Si](C)(C)O[SiH2]C. The predicted molar refractivity (Wildman–Crippen MR) is 141 cm³/mol. The van der Waals surface area contributed by atoms with Crippen molar-refractivity contribution in [3.8, 4) is 0 Å². The number of carbonyl (C=O) groups is 1. The highest BCUT2D eigenvalue weighted by Crippen LogP contribution is 2.50. The average Bonchev–Trinajstić information content (AvgIpc) is 2.51. The molecule has 0 saturated carbocycles. The Hall–Kier alpha value is 0.608. The quantitative estimate of drug-likeness (QED) is 0.298. The van der Waals surface area contributed by atoms with E-state index in [0.29, 0.717) is 5.57 Å². The summed E-state index contributed by atoms with van der Waals surface area (Å²) >= 11 is 0. The van der Waals surface area contributed by atoms with E-state index in [1.165, 1.54) is 0 Å². The first-order valence-corrected chi connectivity index (χ1v) is 26.3. The monoisotopic (exact) mass is 512 g/mol. The molecular weight excluding hydrogens is 469 g/mol. The largest absolute Gasteiger partial charge is 0.478 e. The van der Waals surface area contributed by atoms with Gasteiger partial charge in [0.05, 0.1) is 0 Å². The van der Waals surface area contributed by atoms with Crippen LogP contribution in [0.5, 0.6) is 0 Å². The van der Waals surface area contributed by atoms with E-state index in [-0.39, 0.29) is 4.66 Å². The lowest BCUT2D eigenvalue weighted by Gasteiger charge is -2.47. The Morgan fingerprint density at radius 2 is 1.32 bits per heavy atom. The van der Waals surface area contributed by atoms with Crippen LogP contribution in [-0.4, -0.2) is 75.6 Å². The van der Waals surface area contributed by atoms with Gasteiger partial charge in [-0.1, -0.05) is 33.0 Å². The maximum absolute atomic E-state index is 12.9. The molecule has 0 fully saturated rings. The number of carboxylic acids is 1. The Morgan fingerprint density at radius 3 is 1.61 bits per heavy atom. The lowest BCUT2D eigenvalue weighted by molar-refractivity contribution is -0.133. The first-order valence-electron chi connectivity index (χ1n) is 10.6. The van der Waals surface area contributed by atoms with Crippen molar-refractivity contribution in [2.24, 2.45) is 0 Å². The molecule has 0 aromatic rings. The van der Waals surface area contributed by atoms with E-state index in [2.05, 4.69) is 65.8 Å². The summed E-state index contributed by atoms with van der Waals surface area (Å²) in [5.74, 6) is -0.760. The summed E-state index contributed by atoms with van der Waals surface area (Å²) in [5.41, 5.74) is 0.651. The van der Waals surface area contributed by atoms with Crippen molar-refractivity contribution < 1.29 is 22.2 Å². The van der Waals surface area contributed by atoms with E-state index < -0.39 is 60.2 Å². The van der Waals surface area contributed by atoms with Crippen molar-refractivity contribution in [3.63, 3.8) is 0 Å². The van der Waals surface area contributed by atoms with Crippen LogP contribution in [0.25, 0.3) is 0 Å². The molecule has 0 aromatic heterocycles. The summed E-state index contributed by atoms with van der Waals surface area (Å²) in [6, 6.07) is 0. The zero-order chi connectivity index (χ0) is 22.4. The first-order chi connectivity index (χ1) is 12.7. The van der Waals surface area contributed by atoms with Gasteiger partial charge in [-0.05, 0) is 50.5 Å². The summed E-state index contributed by atoms with van der Waals surface area (Å²) in [6.45, 7) is 21.8. The van der Waals surface area contributed by atoms with E-state index in [0.717, 1.165) is 27.9 Å². The maximum atomic E-state index is 12.9. The lowest BCUT2D eigenvalue weighted by Crippen LogP contribution is -2.56. The van der Waals surface area contributed by atoms with Crippen LogP contribution in [0, 0.1) is 0 Å². The second-order valence-electron chi connectivity index (χ2n) is 8.97. The lowest BCUT2D eigenvalue weighted by atomic mass is 10.1. The smallest absolute Gasteiger partial charge is 0.330 e. The van der Waals surface area contributed by atoms with Crippen LogP contribution in [0.1, 0.15) is 19.8 Å². The molecule has 5 nitrogen and oxygen atoms in total. The summed E-state index contributed by atoms with van der Waals surface area (Å²) < 4.78 is 19.0. The molecule has 0 aliphatic heterocycles. The fraction of sp³-hybridized carbons (Fsp3) is 0.812. The molecule has 1 N–H and O–H groups in total. The maximum Gasteiger partial charge on any atom is 0.330 e. The molecule has 0 amide bonds. The third-order valence-electron chi connectivity index (χ3n) is 5.81. The Kier molecular flexibility index (Phi) is 11.5. The Bertz CT molecular complexity index is 546. The zero-order valence-corrected chi connectivity index (χ0v) is 29.4. The summed E-state index contributed by atoms with van der Waals surface area (Å²) in [7, 11) is -8.06. The molecular formula is C16H44O5Si7. The number of hydrogen-bond acceptors (Lipinski definition) is 4. The van der Waals surface area contributed by atoms with Gasteiger partial charge in [0.15, 0.2) is 25.0 Å². The minimum atomic E-state index is -2.35. The highest BCUT2D eigenvalue weighted by molar-refractivity contribution is 7.03. The standard InChI is InChI=1S/C16H44O5Si7/c1-11-12-16(22,28(9,10)21-25-4)13(14(17)18)15(26(5,6)19-23-2)27(7,8)20-24-3/h11-12,23-25H2,1-10,22H3,(H,17,18). The van der Waals surface area contributed by atoms with Crippen LogP contribution in [0.2, 0.25) is 63.6 Å². The molecule has 0 rings (SSSR count). The van der Waals surface area contributed by atoms with Crippen molar-refractivity contribution in [2.75, 3.05) is 0 Å². The molecule has 0 aromatic carbocycles. The average molecular weight is 513 g/mol. The van der Waals surface area contributed by atoms with Gasteiger partial charge in [0.2, 0.25) is 0 Å². The van der Waals surface area contributed by atoms with Crippen molar-refractivity contribution in [1.82, 2.24) is 0 Å². The van der Waals surface area contributed by atoms with Crippen molar-refractivity contribution in [1.29, 1.82) is 0 Å². The molecule has 0 bridgehead atoms. The Labute approximate surface area is 186 Å². The van der Waals surface area contributed by atoms with Crippen LogP contribution in [0.3, 0.4) is 0 Å². The fourth-order valence-corrected chi connectivity index (χ4v) is 29.4. The van der Waals surface area contributed by atoms with Crippen LogP contribution in [0.4, 0.5) is 0 Å². The van der Waals surface area contributed by atoms with Crippen molar-refractivity contribution >= 4 is 70.5 Å². The van der Waals surface area contributed by atoms with Gasteiger partial charge in [0, 0.05) is 20.5 Å². The van der Waals surface area contributed by atoms with Gasteiger partial charge in [0.25, 0.3) is 0 Å². The topological polar surface area (TPSA) is 65.0 Å². The van der Waals surface area contributed by atoms with Crippen molar-refractivity contribution in [2.45, 2.75) is 83.4 Å². The minimum Gasteiger partial charge on any atom is -0.478 e. The molecule has 28 heavy (non-hydrogen) atoms. The predicted octanol–water partition coefficient (Wildman–Crippen LogP) is 1.37. The molecule has 0 aliphatic rings. The molecule has 0 saturated heterocycles. The van der Waals surface area contributed by atoms with Gasteiger partial charge in [-0.15, -0.1) is 0 Å². The summed E-state index contributed by atoms with van der Waals surface area (Å²) in [6.07, 6.45) is 1.86. The van der Waals surface area contributed by atoms with E-state index in [1.54, 1.807) is 0 Å². The van der Waals surface area contributed by atoms with Crippen LogP contribution in [-0.2, 0) is 17.1 Å². The number of rotatable bonds is 13. The zero-order valence-electron chi connectivity index (χ0n) is 20.1. The van der Waals surface area contributed by atoms with Crippen LogP contribution >= 0.6 is 0 Å². The van der Waals surface area contributed by atoms with E-state index in [9.17, 15) is 9.90 Å². The number of hydrogen-bond donors (Lipinski definition) is 1. The molecule has 1 unspecified atom stereocenters. The third kappa shape index (κ3) is 6.55. The highest BCUT2D eigenvalue weighted by atomic mass is 28.4. The molecule has 166 valence electrons. The van der Waals surface area contributed by atoms with Gasteiger partial charge in [-0.2, -0.15) is 0 Å². The van der Waals surface area contributed by atoms with Crippen molar-refractivity contribution in [3.05, 3.63) is 10.4 Å². The van der Waals surface area contributed by atoms with Crippen LogP contribution < -0.4 is 0 Å². The normalized spacial score (nSPS) is 16.6. The fourth-order valence-electron chi connectivity index (χ4n) is 4.56. The molecule has 12 heteroatoms. The van der Waals surface area contributed by atoms with E-state index in [4.69, 9.17) is 12.3 Å². The molecule has 0 heterocycles. The Balaban J connectivity index is 7.26. The Morgan fingerprint density at radius 1 is 0.929 bits per heavy atom. The summed E-state index contributed by atoms with van der Waals surface area (Å²) in [5, 5.41) is 10.6. The van der Waals surface area contributed by atoms with Crippen LogP contribution in [0.15, 0.2) is 10.4 Å². The van der Waals surface area contributed by atoms with Gasteiger partial charge < -0.3 is 17.5 Å². The van der Waals surface area contributed by atoms with Gasteiger partial charge in [-0.3, -0.25) is 0 Å². The molecule has 0 aliphatic carbocycles. The molecule has 0 spiro atoms. The highest BCUT2D eigenvalue weighted by Gasteiger charge is 2.54. The summed E-state index contributed by atoms with van der Waals surface area (Å²) in [4.78, 5) is 14.0. The molecule has 0 radical (unpaired) electrons. The number of carboxylic acid groups (broad SMARTS) is 1. The second kappa shape index (κ2) is 11.3. The van der Waals surface area contributed by atoms with E-state index >= 15 is 0 Å². The van der Waals surface area contributed by atoms with Gasteiger partial charge in [-0.25, -0.2) is 4.79 Å². The van der Waals surface area contributed by atoms with Gasteiger partial charge >= 0.3 is 5.97 Å². The third-order valence-corrected chi connectivity index (χ3v) is 32.2. The van der Waals surface area contributed by atoms with E-state index in [1.807, 2.05) is 0 Å². The number of aliphatic carboxylic acids is 1. The van der Waals surface area contributed by atoms with Gasteiger partial charge in [0.1, 0.15) is 29.3 Å².